The summed E-state index contributed by atoms with van der Waals surface area (Å²) in [7, 11) is 0. The number of primary amides is 1. The molecule has 0 aromatic carbocycles. The van der Waals surface area contributed by atoms with Gasteiger partial charge in [0.05, 0.1) is 6.33 Å². The second kappa shape index (κ2) is 4.00. The van der Waals surface area contributed by atoms with E-state index in [2.05, 4.69) is 25.3 Å². The van der Waals surface area contributed by atoms with Gasteiger partial charge in [0.2, 0.25) is 5.91 Å². The number of imidazole rings is 1. The lowest BCUT2D eigenvalue weighted by Gasteiger charge is -2.25. The van der Waals surface area contributed by atoms with Gasteiger partial charge in [0.25, 0.3) is 0 Å². The number of fused-ring (bicyclic) bond motifs is 1. The van der Waals surface area contributed by atoms with E-state index in [0.29, 0.717) is 17.0 Å². The van der Waals surface area contributed by atoms with E-state index < -0.39 is 5.54 Å². The van der Waals surface area contributed by atoms with Crippen LogP contribution < -0.4 is 11.1 Å². The van der Waals surface area contributed by atoms with Crippen molar-refractivity contribution < 1.29 is 4.79 Å². The summed E-state index contributed by atoms with van der Waals surface area (Å²) in [6, 6.07) is 0. The van der Waals surface area contributed by atoms with Gasteiger partial charge in [0, 0.05) is 12.0 Å². The molecule has 0 radical (unpaired) electrons. The minimum absolute atomic E-state index is 0.215. The van der Waals surface area contributed by atoms with E-state index in [-0.39, 0.29) is 12.3 Å². The van der Waals surface area contributed by atoms with Crippen LogP contribution in [0.5, 0.6) is 0 Å². The molecule has 1 amide bonds. The Morgan fingerprint density at radius 3 is 2.94 bits per heavy atom. The molecular formula is C10H14N6O. The van der Waals surface area contributed by atoms with Crippen molar-refractivity contribution >= 4 is 22.9 Å². The van der Waals surface area contributed by atoms with Crippen LogP contribution in [0.2, 0.25) is 0 Å². The lowest BCUT2D eigenvalue weighted by molar-refractivity contribution is -0.118. The number of rotatable bonds is 4. The molecule has 0 bridgehead atoms. The Labute approximate surface area is 97.9 Å². The predicted octanol–water partition coefficient (Wildman–Crippen LogP) is 0.419. The van der Waals surface area contributed by atoms with Gasteiger partial charge < -0.3 is 16.0 Å². The maximum atomic E-state index is 10.9. The zero-order chi connectivity index (χ0) is 12.5. The van der Waals surface area contributed by atoms with Gasteiger partial charge in [-0.3, -0.25) is 4.79 Å². The van der Waals surface area contributed by atoms with E-state index in [9.17, 15) is 4.79 Å². The molecule has 0 atom stereocenters. The first-order chi connectivity index (χ1) is 7.98. The highest BCUT2D eigenvalue weighted by molar-refractivity contribution is 5.83. The summed E-state index contributed by atoms with van der Waals surface area (Å²) >= 11 is 0. The zero-order valence-corrected chi connectivity index (χ0v) is 9.69. The smallest absolute Gasteiger partial charge is 0.219 e. The maximum absolute atomic E-state index is 10.9. The molecule has 7 heteroatoms. The SMILES string of the molecule is CC(C)(CC(N)=O)Nc1ncnc2nc[nH]c12. The summed E-state index contributed by atoms with van der Waals surface area (Å²) in [4.78, 5) is 26.1. The van der Waals surface area contributed by atoms with Crippen molar-refractivity contribution in [3.05, 3.63) is 12.7 Å². The van der Waals surface area contributed by atoms with Crippen LogP contribution in [-0.2, 0) is 4.79 Å². The molecule has 7 nitrogen and oxygen atoms in total. The van der Waals surface area contributed by atoms with E-state index in [4.69, 9.17) is 5.73 Å². The van der Waals surface area contributed by atoms with Gasteiger partial charge in [-0.1, -0.05) is 0 Å². The molecule has 0 spiro atoms. The Morgan fingerprint density at radius 2 is 2.24 bits per heavy atom. The molecule has 0 aliphatic heterocycles. The van der Waals surface area contributed by atoms with Crippen molar-refractivity contribution in [3.8, 4) is 0 Å². The zero-order valence-electron chi connectivity index (χ0n) is 9.69. The number of nitrogens with zero attached hydrogens (tertiary/aromatic N) is 3. The lowest BCUT2D eigenvalue weighted by Crippen LogP contribution is -2.36. The Hall–Kier alpha value is -2.18. The fourth-order valence-corrected chi connectivity index (χ4v) is 1.66. The molecular weight excluding hydrogens is 220 g/mol. The maximum Gasteiger partial charge on any atom is 0.219 e. The quantitative estimate of drug-likeness (QED) is 0.710. The van der Waals surface area contributed by atoms with Crippen LogP contribution in [0.25, 0.3) is 11.2 Å². The van der Waals surface area contributed by atoms with Gasteiger partial charge in [-0.05, 0) is 13.8 Å². The second-order valence-electron chi connectivity index (χ2n) is 4.48. The number of H-pyrrole nitrogens is 1. The molecule has 17 heavy (non-hydrogen) atoms. The highest BCUT2D eigenvalue weighted by Crippen LogP contribution is 2.20. The molecule has 2 rings (SSSR count). The number of nitrogens with one attached hydrogen (secondary N) is 2. The van der Waals surface area contributed by atoms with Crippen LogP contribution in [0.4, 0.5) is 5.82 Å². The largest absolute Gasteiger partial charge is 0.370 e. The second-order valence-corrected chi connectivity index (χ2v) is 4.48. The fourth-order valence-electron chi connectivity index (χ4n) is 1.66. The van der Waals surface area contributed by atoms with Crippen molar-refractivity contribution in [1.29, 1.82) is 0 Å². The van der Waals surface area contributed by atoms with Crippen LogP contribution in [0.1, 0.15) is 20.3 Å². The number of hydrogen-bond acceptors (Lipinski definition) is 5. The van der Waals surface area contributed by atoms with Gasteiger partial charge in [-0.2, -0.15) is 0 Å². The van der Waals surface area contributed by atoms with Crippen molar-refractivity contribution in [3.63, 3.8) is 0 Å². The minimum atomic E-state index is -0.474. The number of aromatic amines is 1. The van der Waals surface area contributed by atoms with E-state index >= 15 is 0 Å². The molecule has 2 aromatic heterocycles. The van der Waals surface area contributed by atoms with E-state index in [1.807, 2.05) is 13.8 Å². The molecule has 90 valence electrons. The third-order valence-electron chi connectivity index (χ3n) is 2.30. The summed E-state index contributed by atoms with van der Waals surface area (Å²) in [6.45, 7) is 3.75. The molecule has 0 saturated carbocycles. The molecule has 0 aliphatic rings. The average Bonchev–Trinajstić information content (AvgIpc) is 2.63. The van der Waals surface area contributed by atoms with Gasteiger partial charge in [-0.15, -0.1) is 0 Å². The summed E-state index contributed by atoms with van der Waals surface area (Å²) in [5.74, 6) is 0.246. The fraction of sp³-hybridized carbons (Fsp3) is 0.400. The molecule has 0 aliphatic carbocycles. The standard InChI is InChI=1S/C10H14N6O/c1-10(2,3-6(11)17)16-9-7-8(13-4-12-7)14-5-15-9/h4-5H,3H2,1-2H3,(H2,11,17)(H2,12,13,14,15,16). The van der Waals surface area contributed by atoms with Crippen LogP contribution in [-0.4, -0.2) is 31.4 Å². The van der Waals surface area contributed by atoms with Crippen LogP contribution in [0.3, 0.4) is 0 Å². The molecule has 2 heterocycles. The number of nitrogens with two attached hydrogens (primary N) is 1. The Bertz CT molecular complexity index is 546. The topological polar surface area (TPSA) is 110 Å². The van der Waals surface area contributed by atoms with Gasteiger partial charge in [0.15, 0.2) is 11.5 Å². The third-order valence-corrected chi connectivity index (χ3v) is 2.30. The number of anilines is 1. The first-order valence-corrected chi connectivity index (χ1v) is 5.18. The van der Waals surface area contributed by atoms with Gasteiger partial charge in [0.1, 0.15) is 11.8 Å². The first-order valence-electron chi connectivity index (χ1n) is 5.18. The average molecular weight is 234 g/mol. The third kappa shape index (κ3) is 2.49. The Kier molecular flexibility index (Phi) is 2.66. The Morgan fingerprint density at radius 1 is 1.47 bits per heavy atom. The van der Waals surface area contributed by atoms with E-state index in [1.54, 1.807) is 6.33 Å². The molecule has 0 fully saturated rings. The monoisotopic (exact) mass is 234 g/mol. The number of amides is 1. The lowest BCUT2D eigenvalue weighted by atomic mass is 10.0. The summed E-state index contributed by atoms with van der Waals surface area (Å²) in [5, 5.41) is 3.16. The minimum Gasteiger partial charge on any atom is -0.370 e. The summed E-state index contributed by atoms with van der Waals surface area (Å²) in [6.07, 6.45) is 3.18. The van der Waals surface area contributed by atoms with Crippen LogP contribution in [0, 0.1) is 0 Å². The van der Waals surface area contributed by atoms with E-state index in [0.717, 1.165) is 0 Å². The van der Waals surface area contributed by atoms with Gasteiger partial charge >= 0.3 is 0 Å². The van der Waals surface area contributed by atoms with Crippen molar-refractivity contribution in [2.45, 2.75) is 25.8 Å². The van der Waals surface area contributed by atoms with Crippen molar-refractivity contribution in [2.75, 3.05) is 5.32 Å². The molecule has 2 aromatic rings. The van der Waals surface area contributed by atoms with Crippen molar-refractivity contribution in [1.82, 2.24) is 19.9 Å². The number of aromatic nitrogens is 4. The van der Waals surface area contributed by atoms with E-state index in [1.165, 1.54) is 6.33 Å². The highest BCUT2D eigenvalue weighted by atomic mass is 16.1. The normalized spacial score (nSPS) is 11.6. The van der Waals surface area contributed by atoms with Gasteiger partial charge in [-0.25, -0.2) is 15.0 Å². The van der Waals surface area contributed by atoms with Crippen LogP contribution >= 0.6 is 0 Å². The molecule has 4 N–H and O–H groups in total. The van der Waals surface area contributed by atoms with Crippen molar-refractivity contribution in [2.24, 2.45) is 5.73 Å². The highest BCUT2D eigenvalue weighted by Gasteiger charge is 2.22. The summed E-state index contributed by atoms with van der Waals surface area (Å²) in [5.41, 5.74) is 6.01. The van der Waals surface area contributed by atoms with Crippen LogP contribution in [0.15, 0.2) is 12.7 Å². The first kappa shape index (κ1) is 11.3. The number of hydrogen-bond donors (Lipinski definition) is 3. The summed E-state index contributed by atoms with van der Waals surface area (Å²) < 4.78 is 0. The molecule has 0 saturated heterocycles. The predicted molar refractivity (Wildman–Crippen MR) is 63.2 cm³/mol. The molecule has 0 unspecified atom stereocenters. The number of carbonyl (C=O) groups excluding carboxylic acids is 1. The Balaban J connectivity index is 2.29. The number of carbonyl (C=O) groups is 1.